The van der Waals surface area contributed by atoms with Crippen molar-refractivity contribution in [2.24, 2.45) is 11.3 Å². The van der Waals surface area contributed by atoms with Gasteiger partial charge in [0.05, 0.1) is 0 Å². The van der Waals surface area contributed by atoms with Crippen molar-refractivity contribution in [1.82, 2.24) is 20.1 Å². The molecule has 0 bridgehead atoms. The van der Waals surface area contributed by atoms with Gasteiger partial charge in [-0.25, -0.2) is 4.79 Å². The van der Waals surface area contributed by atoms with E-state index in [9.17, 15) is 9.59 Å². The Hall–Kier alpha value is -1.98. The molecule has 25 heavy (non-hydrogen) atoms. The van der Waals surface area contributed by atoms with Crippen molar-refractivity contribution in [3.05, 3.63) is 24.0 Å². The van der Waals surface area contributed by atoms with E-state index < -0.39 is 0 Å². The first-order chi connectivity index (χ1) is 12.2. The highest BCUT2D eigenvalue weighted by molar-refractivity contribution is 5.92. The maximum Gasteiger partial charge on any atom is 0.317 e. The minimum atomic E-state index is 0.0160. The number of piperazine rings is 1. The predicted octanol–water partition coefficient (Wildman–Crippen LogP) is 2.45. The Balaban J connectivity index is 1.20. The molecule has 2 saturated carbocycles. The molecular formula is C19H28N4O2. The van der Waals surface area contributed by atoms with E-state index in [-0.39, 0.29) is 11.9 Å². The second-order valence-corrected chi connectivity index (χ2v) is 7.87. The van der Waals surface area contributed by atoms with Crippen molar-refractivity contribution in [2.75, 3.05) is 32.7 Å². The van der Waals surface area contributed by atoms with Crippen LogP contribution in [0.4, 0.5) is 4.79 Å². The lowest BCUT2D eigenvalue weighted by Crippen LogP contribution is -2.53. The van der Waals surface area contributed by atoms with E-state index in [1.54, 1.807) is 12.3 Å². The topological polar surface area (TPSA) is 68.4 Å². The monoisotopic (exact) mass is 344 g/mol. The molecule has 3 aliphatic rings. The molecule has 3 amide bonds. The summed E-state index contributed by atoms with van der Waals surface area (Å²) in [6.07, 6.45) is 9.87. The van der Waals surface area contributed by atoms with Gasteiger partial charge in [0.15, 0.2) is 0 Å². The standard InChI is InChI=1S/C19H28N4O2/c24-17(16-5-4-8-20-16)22-9-11-23(12-10-22)18(25)21-14-15-13-19(15)6-2-1-3-7-19/h4-5,8,15,20H,1-3,6-7,9-14H2,(H,21,25). The van der Waals surface area contributed by atoms with E-state index in [1.165, 1.54) is 38.5 Å². The fraction of sp³-hybridized carbons (Fsp3) is 0.684. The summed E-state index contributed by atoms with van der Waals surface area (Å²) in [5.41, 5.74) is 1.18. The van der Waals surface area contributed by atoms with Crippen LogP contribution in [0.25, 0.3) is 0 Å². The average Bonchev–Trinajstić information content (AvgIpc) is 3.07. The molecule has 2 heterocycles. The average molecular weight is 344 g/mol. The fourth-order valence-electron chi connectivity index (χ4n) is 4.66. The summed E-state index contributed by atoms with van der Waals surface area (Å²) < 4.78 is 0. The van der Waals surface area contributed by atoms with Gasteiger partial charge in [-0.3, -0.25) is 4.79 Å². The summed E-state index contributed by atoms with van der Waals surface area (Å²) in [4.78, 5) is 31.3. The lowest BCUT2D eigenvalue weighted by Gasteiger charge is -2.34. The lowest BCUT2D eigenvalue weighted by molar-refractivity contribution is 0.0659. The number of nitrogens with zero attached hydrogens (tertiary/aromatic N) is 2. The molecule has 1 aromatic heterocycles. The van der Waals surface area contributed by atoms with Crippen LogP contribution in [0.1, 0.15) is 49.0 Å². The Morgan fingerprint density at radius 2 is 1.84 bits per heavy atom. The SMILES string of the molecule is O=C(NCC1CC12CCCCC2)N1CCN(C(=O)c2ccc[nH]2)CC1. The van der Waals surface area contributed by atoms with E-state index in [2.05, 4.69) is 10.3 Å². The lowest BCUT2D eigenvalue weighted by atomic mass is 9.84. The molecule has 1 aromatic rings. The van der Waals surface area contributed by atoms with Gasteiger partial charge in [-0.1, -0.05) is 19.3 Å². The van der Waals surface area contributed by atoms with Crippen molar-refractivity contribution in [3.63, 3.8) is 0 Å². The molecule has 4 rings (SSSR count). The molecule has 3 fully saturated rings. The van der Waals surface area contributed by atoms with Gasteiger partial charge >= 0.3 is 6.03 Å². The zero-order chi connectivity index (χ0) is 17.3. The number of carbonyl (C=O) groups is 2. The second kappa shape index (κ2) is 6.73. The minimum absolute atomic E-state index is 0.0160. The summed E-state index contributed by atoms with van der Waals surface area (Å²) >= 11 is 0. The van der Waals surface area contributed by atoms with E-state index >= 15 is 0 Å². The Morgan fingerprint density at radius 1 is 1.12 bits per heavy atom. The van der Waals surface area contributed by atoms with Crippen LogP contribution in [0, 0.1) is 11.3 Å². The smallest absolute Gasteiger partial charge is 0.317 e. The molecule has 1 unspecified atom stereocenters. The normalized spacial score (nSPS) is 25.0. The molecule has 6 heteroatoms. The Kier molecular flexibility index (Phi) is 4.44. The third-order valence-corrected chi connectivity index (χ3v) is 6.39. The first-order valence-corrected chi connectivity index (χ1v) is 9.63. The predicted molar refractivity (Wildman–Crippen MR) is 95.3 cm³/mol. The highest BCUT2D eigenvalue weighted by Gasteiger charge is 2.53. The number of aromatic amines is 1. The minimum Gasteiger partial charge on any atom is -0.357 e. The first-order valence-electron chi connectivity index (χ1n) is 9.63. The van der Waals surface area contributed by atoms with Crippen LogP contribution in [0.3, 0.4) is 0 Å². The third-order valence-electron chi connectivity index (χ3n) is 6.39. The maximum absolute atomic E-state index is 12.4. The molecule has 0 radical (unpaired) electrons. The van der Waals surface area contributed by atoms with Gasteiger partial charge in [-0.05, 0) is 42.7 Å². The Labute approximate surface area is 148 Å². The molecule has 1 spiro atoms. The number of urea groups is 1. The van der Waals surface area contributed by atoms with Crippen molar-refractivity contribution in [1.29, 1.82) is 0 Å². The van der Waals surface area contributed by atoms with Crippen molar-refractivity contribution >= 4 is 11.9 Å². The number of aromatic nitrogens is 1. The van der Waals surface area contributed by atoms with Gasteiger partial charge in [-0.15, -0.1) is 0 Å². The van der Waals surface area contributed by atoms with Gasteiger partial charge in [0.2, 0.25) is 0 Å². The Bertz CT molecular complexity index is 613. The van der Waals surface area contributed by atoms with Gasteiger partial charge in [0.25, 0.3) is 5.91 Å². The molecule has 0 aromatic carbocycles. The van der Waals surface area contributed by atoms with Crippen molar-refractivity contribution in [2.45, 2.75) is 38.5 Å². The largest absolute Gasteiger partial charge is 0.357 e. The van der Waals surface area contributed by atoms with Gasteiger partial charge < -0.3 is 20.1 Å². The number of rotatable bonds is 3. The van der Waals surface area contributed by atoms with Crippen LogP contribution in [-0.2, 0) is 0 Å². The number of hydrogen-bond donors (Lipinski definition) is 2. The summed E-state index contributed by atoms with van der Waals surface area (Å²) in [6, 6.07) is 3.65. The number of hydrogen-bond acceptors (Lipinski definition) is 2. The Morgan fingerprint density at radius 3 is 2.52 bits per heavy atom. The summed E-state index contributed by atoms with van der Waals surface area (Å²) in [7, 11) is 0. The van der Waals surface area contributed by atoms with Gasteiger partial charge in [0.1, 0.15) is 5.69 Å². The zero-order valence-corrected chi connectivity index (χ0v) is 14.8. The molecule has 1 saturated heterocycles. The van der Waals surface area contributed by atoms with Crippen LogP contribution in [-0.4, -0.2) is 59.4 Å². The molecule has 2 aliphatic carbocycles. The molecule has 1 aliphatic heterocycles. The van der Waals surface area contributed by atoms with Crippen LogP contribution in [0.2, 0.25) is 0 Å². The van der Waals surface area contributed by atoms with Crippen LogP contribution >= 0.6 is 0 Å². The highest BCUT2D eigenvalue weighted by atomic mass is 16.2. The van der Waals surface area contributed by atoms with Crippen molar-refractivity contribution < 1.29 is 9.59 Å². The molecule has 6 nitrogen and oxygen atoms in total. The van der Waals surface area contributed by atoms with Crippen LogP contribution in [0.5, 0.6) is 0 Å². The van der Waals surface area contributed by atoms with E-state index in [0.29, 0.717) is 43.2 Å². The van der Waals surface area contributed by atoms with E-state index in [4.69, 9.17) is 0 Å². The van der Waals surface area contributed by atoms with Crippen molar-refractivity contribution in [3.8, 4) is 0 Å². The van der Waals surface area contributed by atoms with Gasteiger partial charge in [0, 0.05) is 38.9 Å². The number of H-pyrrole nitrogens is 1. The van der Waals surface area contributed by atoms with Crippen LogP contribution < -0.4 is 5.32 Å². The molecule has 1 atom stereocenters. The molecule has 2 N–H and O–H groups in total. The maximum atomic E-state index is 12.4. The van der Waals surface area contributed by atoms with E-state index in [0.717, 1.165) is 6.54 Å². The fourth-order valence-corrected chi connectivity index (χ4v) is 4.66. The number of amides is 3. The zero-order valence-electron chi connectivity index (χ0n) is 14.8. The quantitative estimate of drug-likeness (QED) is 0.884. The molecular weight excluding hydrogens is 316 g/mol. The highest BCUT2D eigenvalue weighted by Crippen LogP contribution is 2.60. The molecule has 136 valence electrons. The summed E-state index contributed by atoms with van der Waals surface area (Å²) in [5, 5.41) is 3.13. The van der Waals surface area contributed by atoms with Crippen LogP contribution in [0.15, 0.2) is 18.3 Å². The van der Waals surface area contributed by atoms with E-state index in [1.807, 2.05) is 15.9 Å². The summed E-state index contributed by atoms with van der Waals surface area (Å²) in [6.45, 7) is 3.22. The summed E-state index contributed by atoms with van der Waals surface area (Å²) in [5.74, 6) is 0.703. The van der Waals surface area contributed by atoms with Gasteiger partial charge in [-0.2, -0.15) is 0 Å². The number of nitrogens with one attached hydrogen (secondary N) is 2. The first kappa shape index (κ1) is 16.5. The third kappa shape index (κ3) is 3.39. The second-order valence-electron chi connectivity index (χ2n) is 7.87. The number of carbonyl (C=O) groups excluding carboxylic acids is 2.